The lowest BCUT2D eigenvalue weighted by atomic mass is 9.97. The van der Waals surface area contributed by atoms with Crippen LogP contribution in [-0.2, 0) is 0 Å². The van der Waals surface area contributed by atoms with Gasteiger partial charge in [0.05, 0.1) is 6.61 Å². The predicted molar refractivity (Wildman–Crippen MR) is 79.7 cm³/mol. The smallest absolute Gasteiger partial charge is 0.119 e. The Bertz CT molecular complexity index is 532. The number of fused-ring (bicyclic) bond motifs is 1. The Morgan fingerprint density at radius 2 is 2.00 bits per heavy atom. The lowest BCUT2D eigenvalue weighted by Crippen LogP contribution is -2.30. The summed E-state index contributed by atoms with van der Waals surface area (Å²) >= 11 is 0. The molecule has 0 unspecified atom stereocenters. The highest BCUT2D eigenvalue weighted by atomic mass is 16.5. The maximum Gasteiger partial charge on any atom is 0.119 e. The lowest BCUT2D eigenvalue weighted by Gasteiger charge is -2.22. The summed E-state index contributed by atoms with van der Waals surface area (Å²) < 4.78 is 5.89. The van der Waals surface area contributed by atoms with Gasteiger partial charge in [-0.15, -0.1) is 0 Å². The van der Waals surface area contributed by atoms with E-state index in [-0.39, 0.29) is 0 Å². The number of ether oxygens (including phenoxy) is 1. The molecule has 1 fully saturated rings. The van der Waals surface area contributed by atoms with E-state index in [9.17, 15) is 0 Å². The number of hydrogen-bond donors (Lipinski definition) is 1. The van der Waals surface area contributed by atoms with E-state index in [4.69, 9.17) is 4.74 Å². The summed E-state index contributed by atoms with van der Waals surface area (Å²) in [5.41, 5.74) is 0. The molecule has 0 bridgehead atoms. The molecule has 2 heteroatoms. The standard InChI is InChI=1S/C17H21NO/c1-2-6-16-12-17(8-7-15(16)5-1)19-11-9-14-4-3-10-18-13-14/h1-2,5-8,12,14,18H,3-4,9-11,13H2/t14-/m1/s1. The van der Waals surface area contributed by atoms with Crippen LogP contribution in [0, 0.1) is 5.92 Å². The molecule has 1 heterocycles. The molecule has 2 aromatic rings. The van der Waals surface area contributed by atoms with Crippen LogP contribution in [0.25, 0.3) is 10.8 Å². The van der Waals surface area contributed by atoms with E-state index in [2.05, 4.69) is 47.8 Å². The molecular weight excluding hydrogens is 234 g/mol. The van der Waals surface area contributed by atoms with Crippen molar-refractivity contribution in [2.24, 2.45) is 5.92 Å². The molecule has 0 amide bonds. The maximum atomic E-state index is 5.89. The highest BCUT2D eigenvalue weighted by molar-refractivity contribution is 5.83. The quantitative estimate of drug-likeness (QED) is 0.901. The third-order valence-corrected chi connectivity index (χ3v) is 3.91. The summed E-state index contributed by atoms with van der Waals surface area (Å²) in [5.74, 6) is 1.77. The molecule has 19 heavy (non-hydrogen) atoms. The lowest BCUT2D eigenvalue weighted by molar-refractivity contribution is 0.254. The minimum Gasteiger partial charge on any atom is -0.494 e. The van der Waals surface area contributed by atoms with E-state index < -0.39 is 0 Å². The molecular formula is C17H21NO. The zero-order valence-electron chi connectivity index (χ0n) is 11.3. The van der Waals surface area contributed by atoms with Gasteiger partial charge in [-0.25, -0.2) is 0 Å². The first-order valence-electron chi connectivity index (χ1n) is 7.24. The van der Waals surface area contributed by atoms with Crippen molar-refractivity contribution in [3.8, 4) is 5.75 Å². The maximum absolute atomic E-state index is 5.89. The summed E-state index contributed by atoms with van der Waals surface area (Å²) in [6, 6.07) is 14.7. The second-order valence-corrected chi connectivity index (χ2v) is 5.36. The van der Waals surface area contributed by atoms with Crippen LogP contribution in [0.15, 0.2) is 42.5 Å². The van der Waals surface area contributed by atoms with E-state index in [1.165, 1.54) is 30.2 Å². The molecule has 2 aromatic carbocycles. The van der Waals surface area contributed by atoms with Crippen LogP contribution in [0.2, 0.25) is 0 Å². The summed E-state index contributed by atoms with van der Waals surface area (Å²) in [4.78, 5) is 0. The zero-order valence-corrected chi connectivity index (χ0v) is 11.3. The molecule has 0 aliphatic carbocycles. The average Bonchev–Trinajstić information content (AvgIpc) is 2.48. The number of nitrogens with one attached hydrogen (secondary N) is 1. The monoisotopic (exact) mass is 255 g/mol. The molecule has 1 N–H and O–H groups in total. The van der Waals surface area contributed by atoms with Gasteiger partial charge in [-0.1, -0.05) is 30.3 Å². The van der Waals surface area contributed by atoms with Crippen LogP contribution in [0.4, 0.5) is 0 Å². The van der Waals surface area contributed by atoms with Gasteiger partial charge in [-0.3, -0.25) is 0 Å². The Labute approximate surface area is 114 Å². The Kier molecular flexibility index (Phi) is 3.99. The van der Waals surface area contributed by atoms with E-state index in [0.717, 1.165) is 31.2 Å². The number of benzene rings is 2. The van der Waals surface area contributed by atoms with Crippen LogP contribution in [0.3, 0.4) is 0 Å². The Morgan fingerprint density at radius 3 is 2.84 bits per heavy atom. The van der Waals surface area contributed by atoms with Gasteiger partial charge in [0.15, 0.2) is 0 Å². The number of hydrogen-bond acceptors (Lipinski definition) is 2. The Balaban J connectivity index is 1.56. The summed E-state index contributed by atoms with van der Waals surface area (Å²) in [7, 11) is 0. The summed E-state index contributed by atoms with van der Waals surface area (Å²) in [5, 5.41) is 5.97. The van der Waals surface area contributed by atoms with Crippen molar-refractivity contribution in [3.63, 3.8) is 0 Å². The van der Waals surface area contributed by atoms with E-state index in [1.807, 2.05) is 0 Å². The fourth-order valence-corrected chi connectivity index (χ4v) is 2.77. The minimum atomic E-state index is 0.786. The van der Waals surface area contributed by atoms with Crippen molar-refractivity contribution in [1.29, 1.82) is 0 Å². The van der Waals surface area contributed by atoms with Gasteiger partial charge in [0.25, 0.3) is 0 Å². The van der Waals surface area contributed by atoms with Crippen LogP contribution in [-0.4, -0.2) is 19.7 Å². The Morgan fingerprint density at radius 1 is 1.11 bits per heavy atom. The van der Waals surface area contributed by atoms with Gasteiger partial charge < -0.3 is 10.1 Å². The molecule has 3 rings (SSSR count). The number of piperidine rings is 1. The second kappa shape index (κ2) is 6.07. The molecule has 0 radical (unpaired) electrons. The normalized spacial score (nSPS) is 19.5. The topological polar surface area (TPSA) is 21.3 Å². The molecule has 1 aliphatic rings. The molecule has 100 valence electrons. The summed E-state index contributed by atoms with van der Waals surface area (Å²) in [6.07, 6.45) is 3.80. The highest BCUT2D eigenvalue weighted by Gasteiger charge is 2.12. The predicted octanol–water partition coefficient (Wildman–Crippen LogP) is 3.61. The first-order valence-corrected chi connectivity index (χ1v) is 7.24. The van der Waals surface area contributed by atoms with Gasteiger partial charge in [0.2, 0.25) is 0 Å². The van der Waals surface area contributed by atoms with Gasteiger partial charge in [-0.05, 0) is 61.2 Å². The van der Waals surface area contributed by atoms with Crippen LogP contribution >= 0.6 is 0 Å². The van der Waals surface area contributed by atoms with E-state index >= 15 is 0 Å². The zero-order chi connectivity index (χ0) is 12.9. The van der Waals surface area contributed by atoms with E-state index in [1.54, 1.807) is 0 Å². The minimum absolute atomic E-state index is 0.786. The second-order valence-electron chi connectivity index (χ2n) is 5.36. The molecule has 1 aliphatic heterocycles. The van der Waals surface area contributed by atoms with Gasteiger partial charge in [0.1, 0.15) is 5.75 Å². The largest absolute Gasteiger partial charge is 0.494 e. The van der Waals surface area contributed by atoms with Crippen molar-refractivity contribution >= 4 is 10.8 Å². The van der Waals surface area contributed by atoms with Crippen molar-refractivity contribution in [2.75, 3.05) is 19.7 Å². The Hall–Kier alpha value is -1.54. The first-order chi connectivity index (χ1) is 9.42. The average molecular weight is 255 g/mol. The molecule has 0 aromatic heterocycles. The summed E-state index contributed by atoms with van der Waals surface area (Å²) in [6.45, 7) is 3.16. The SMILES string of the molecule is c1ccc2cc(OCC[C@H]3CCCNC3)ccc2c1. The number of rotatable bonds is 4. The fourth-order valence-electron chi connectivity index (χ4n) is 2.77. The highest BCUT2D eigenvalue weighted by Crippen LogP contribution is 2.21. The van der Waals surface area contributed by atoms with Gasteiger partial charge in [-0.2, -0.15) is 0 Å². The third kappa shape index (κ3) is 3.27. The van der Waals surface area contributed by atoms with Crippen LogP contribution in [0.5, 0.6) is 5.75 Å². The van der Waals surface area contributed by atoms with Crippen molar-refractivity contribution < 1.29 is 4.74 Å². The molecule has 0 saturated carbocycles. The fraction of sp³-hybridized carbons (Fsp3) is 0.412. The van der Waals surface area contributed by atoms with Gasteiger partial charge in [0, 0.05) is 0 Å². The van der Waals surface area contributed by atoms with Crippen molar-refractivity contribution in [1.82, 2.24) is 5.32 Å². The van der Waals surface area contributed by atoms with Crippen molar-refractivity contribution in [2.45, 2.75) is 19.3 Å². The third-order valence-electron chi connectivity index (χ3n) is 3.91. The van der Waals surface area contributed by atoms with E-state index in [0.29, 0.717) is 0 Å². The van der Waals surface area contributed by atoms with Gasteiger partial charge >= 0.3 is 0 Å². The molecule has 1 atom stereocenters. The van der Waals surface area contributed by atoms with Crippen molar-refractivity contribution in [3.05, 3.63) is 42.5 Å². The molecule has 0 spiro atoms. The van der Waals surface area contributed by atoms with Crippen LogP contribution < -0.4 is 10.1 Å². The molecule has 1 saturated heterocycles. The first kappa shape index (κ1) is 12.5. The van der Waals surface area contributed by atoms with Crippen LogP contribution in [0.1, 0.15) is 19.3 Å². The molecule has 2 nitrogen and oxygen atoms in total.